The zero-order valence-corrected chi connectivity index (χ0v) is 15.4. The van der Waals surface area contributed by atoms with E-state index >= 15 is 0 Å². The van der Waals surface area contributed by atoms with Gasteiger partial charge in [-0.2, -0.15) is 0 Å². The molecule has 24 heavy (non-hydrogen) atoms. The fourth-order valence-electron chi connectivity index (χ4n) is 4.36. The predicted octanol–water partition coefficient (Wildman–Crippen LogP) is 2.45. The second kappa shape index (κ2) is 8.30. The lowest BCUT2D eigenvalue weighted by molar-refractivity contribution is -0.159. The number of nitrogens with zero attached hydrogens (tertiary/aromatic N) is 1. The molecule has 4 atom stereocenters. The number of hydrogen-bond acceptors (Lipinski definition) is 4. The van der Waals surface area contributed by atoms with Crippen LogP contribution >= 0.6 is 0 Å². The fraction of sp³-hybridized carbons (Fsp3) is 0.889. The standard InChI is InChI=1S/C16H31NO.C2H2O4/c1-13-7-10-16(18)12-14(6-5-11-17(3)4)8-9-15(13,16)2;3-1(4)2(5)6/h13-14,18H,5-12H2,1-4H3;(H,3,4)(H,5,6). The maximum absolute atomic E-state index is 11.0. The third-order valence-corrected chi connectivity index (χ3v) is 6.24. The minimum absolute atomic E-state index is 0.199. The summed E-state index contributed by atoms with van der Waals surface area (Å²) in [4.78, 5) is 20.5. The average Bonchev–Trinajstić information content (AvgIpc) is 2.71. The van der Waals surface area contributed by atoms with Crippen LogP contribution in [0.1, 0.15) is 58.8 Å². The first kappa shape index (κ1) is 20.9. The summed E-state index contributed by atoms with van der Waals surface area (Å²) in [5.74, 6) is -2.19. The Balaban J connectivity index is 0.000000413. The van der Waals surface area contributed by atoms with Crippen LogP contribution in [0.5, 0.6) is 0 Å². The molecule has 140 valence electrons. The van der Waals surface area contributed by atoms with Crippen molar-refractivity contribution in [2.75, 3.05) is 20.6 Å². The van der Waals surface area contributed by atoms with Crippen molar-refractivity contribution in [2.24, 2.45) is 17.3 Å². The Hall–Kier alpha value is -1.14. The van der Waals surface area contributed by atoms with Gasteiger partial charge >= 0.3 is 11.9 Å². The van der Waals surface area contributed by atoms with Gasteiger partial charge in [-0.3, -0.25) is 0 Å². The first-order chi connectivity index (χ1) is 11.0. The van der Waals surface area contributed by atoms with E-state index in [2.05, 4.69) is 32.8 Å². The van der Waals surface area contributed by atoms with Crippen molar-refractivity contribution in [3.8, 4) is 0 Å². The molecule has 6 nitrogen and oxygen atoms in total. The molecule has 0 aromatic rings. The summed E-state index contributed by atoms with van der Waals surface area (Å²) in [6.07, 6.45) is 8.45. The van der Waals surface area contributed by atoms with Gasteiger partial charge in [0.25, 0.3) is 0 Å². The van der Waals surface area contributed by atoms with E-state index in [1.807, 2.05) is 0 Å². The SMILES string of the molecule is CC1CCC2(O)CC(CCCN(C)C)CCC12C.O=C(O)C(=O)O. The van der Waals surface area contributed by atoms with Crippen LogP contribution in [0, 0.1) is 17.3 Å². The molecule has 2 aliphatic rings. The Labute approximate surface area is 144 Å². The van der Waals surface area contributed by atoms with Gasteiger partial charge in [0, 0.05) is 0 Å². The molecule has 0 aromatic heterocycles. The van der Waals surface area contributed by atoms with E-state index < -0.39 is 11.9 Å². The first-order valence-electron chi connectivity index (χ1n) is 8.85. The van der Waals surface area contributed by atoms with Gasteiger partial charge in [0.1, 0.15) is 0 Å². The number of carboxylic acids is 2. The quantitative estimate of drug-likeness (QED) is 0.678. The van der Waals surface area contributed by atoms with Crippen molar-refractivity contribution >= 4 is 11.9 Å². The van der Waals surface area contributed by atoms with Gasteiger partial charge in [-0.25, -0.2) is 9.59 Å². The Morgan fingerprint density at radius 3 is 2.21 bits per heavy atom. The third kappa shape index (κ3) is 4.93. The van der Waals surface area contributed by atoms with Gasteiger partial charge in [0.05, 0.1) is 5.60 Å². The highest BCUT2D eigenvalue weighted by molar-refractivity contribution is 6.27. The molecule has 4 unspecified atom stereocenters. The van der Waals surface area contributed by atoms with Gasteiger partial charge in [-0.15, -0.1) is 0 Å². The van der Waals surface area contributed by atoms with Crippen molar-refractivity contribution in [1.29, 1.82) is 0 Å². The maximum Gasteiger partial charge on any atom is 0.414 e. The Kier molecular flexibility index (Phi) is 7.23. The zero-order chi connectivity index (χ0) is 18.5. The van der Waals surface area contributed by atoms with Crippen molar-refractivity contribution in [1.82, 2.24) is 4.90 Å². The molecule has 0 amide bonds. The minimum atomic E-state index is -1.82. The highest BCUT2D eigenvalue weighted by Gasteiger charge is 2.56. The molecule has 6 heteroatoms. The van der Waals surface area contributed by atoms with Crippen LogP contribution in [-0.4, -0.2) is 58.4 Å². The molecule has 0 bridgehead atoms. The number of aliphatic hydroxyl groups is 1. The van der Waals surface area contributed by atoms with Gasteiger partial charge in [-0.05, 0) is 82.8 Å². The number of aliphatic carboxylic acids is 2. The number of carbonyl (C=O) groups is 2. The topological polar surface area (TPSA) is 98.1 Å². The van der Waals surface area contributed by atoms with E-state index in [9.17, 15) is 5.11 Å². The number of carboxylic acid groups (broad SMARTS) is 2. The highest BCUT2D eigenvalue weighted by atomic mass is 16.4. The monoisotopic (exact) mass is 343 g/mol. The summed E-state index contributed by atoms with van der Waals surface area (Å²) in [6.45, 7) is 5.85. The van der Waals surface area contributed by atoms with E-state index in [0.29, 0.717) is 5.92 Å². The summed E-state index contributed by atoms with van der Waals surface area (Å²) in [6, 6.07) is 0. The molecule has 0 spiro atoms. The summed E-state index contributed by atoms with van der Waals surface area (Å²) in [7, 11) is 4.29. The van der Waals surface area contributed by atoms with Crippen LogP contribution < -0.4 is 0 Å². The minimum Gasteiger partial charge on any atom is -0.473 e. The molecule has 2 aliphatic carbocycles. The fourth-order valence-corrected chi connectivity index (χ4v) is 4.36. The number of rotatable bonds is 4. The lowest BCUT2D eigenvalue weighted by Gasteiger charge is -2.49. The summed E-state index contributed by atoms with van der Waals surface area (Å²) < 4.78 is 0. The van der Waals surface area contributed by atoms with Crippen molar-refractivity contribution in [3.05, 3.63) is 0 Å². The summed E-state index contributed by atoms with van der Waals surface area (Å²) in [5.41, 5.74) is -0.154. The summed E-state index contributed by atoms with van der Waals surface area (Å²) >= 11 is 0. The smallest absolute Gasteiger partial charge is 0.414 e. The highest BCUT2D eigenvalue weighted by Crippen LogP contribution is 2.59. The molecule has 0 radical (unpaired) electrons. The lowest BCUT2D eigenvalue weighted by atomic mass is 9.60. The first-order valence-corrected chi connectivity index (χ1v) is 8.85. The van der Waals surface area contributed by atoms with Crippen LogP contribution in [0.4, 0.5) is 0 Å². The van der Waals surface area contributed by atoms with E-state index in [-0.39, 0.29) is 11.0 Å². The van der Waals surface area contributed by atoms with E-state index in [1.54, 1.807) is 0 Å². The second-order valence-electron chi connectivity index (χ2n) is 8.05. The van der Waals surface area contributed by atoms with Gasteiger partial charge in [-0.1, -0.05) is 13.8 Å². The predicted molar refractivity (Wildman–Crippen MR) is 91.9 cm³/mol. The average molecular weight is 343 g/mol. The number of fused-ring (bicyclic) bond motifs is 1. The largest absolute Gasteiger partial charge is 0.473 e. The van der Waals surface area contributed by atoms with Crippen molar-refractivity contribution in [2.45, 2.75) is 64.4 Å². The number of hydrogen-bond donors (Lipinski definition) is 3. The van der Waals surface area contributed by atoms with Crippen molar-refractivity contribution < 1.29 is 24.9 Å². The molecule has 3 N–H and O–H groups in total. The molecule has 0 saturated heterocycles. The van der Waals surface area contributed by atoms with Crippen LogP contribution in [0.25, 0.3) is 0 Å². The van der Waals surface area contributed by atoms with E-state index in [0.717, 1.165) is 18.8 Å². The Morgan fingerprint density at radius 2 is 1.71 bits per heavy atom. The molecule has 2 rings (SSSR count). The van der Waals surface area contributed by atoms with Crippen molar-refractivity contribution in [3.63, 3.8) is 0 Å². The second-order valence-corrected chi connectivity index (χ2v) is 8.05. The van der Waals surface area contributed by atoms with Crippen LogP contribution in [0.2, 0.25) is 0 Å². The van der Waals surface area contributed by atoms with Gasteiger partial charge < -0.3 is 20.2 Å². The Morgan fingerprint density at radius 1 is 1.12 bits per heavy atom. The van der Waals surface area contributed by atoms with Gasteiger partial charge in [0.15, 0.2) is 0 Å². The normalized spacial score (nSPS) is 35.1. The molecule has 0 heterocycles. The maximum atomic E-state index is 11.0. The van der Waals surface area contributed by atoms with Crippen LogP contribution in [0.3, 0.4) is 0 Å². The Bertz CT molecular complexity index is 441. The van der Waals surface area contributed by atoms with Crippen LogP contribution in [-0.2, 0) is 9.59 Å². The molecule has 0 aliphatic heterocycles. The van der Waals surface area contributed by atoms with Crippen LogP contribution in [0.15, 0.2) is 0 Å². The van der Waals surface area contributed by atoms with Gasteiger partial charge in [0.2, 0.25) is 0 Å². The molecule has 2 saturated carbocycles. The molecule has 2 fully saturated rings. The van der Waals surface area contributed by atoms with E-state index in [1.165, 1.54) is 38.6 Å². The molecular weight excluding hydrogens is 310 g/mol. The third-order valence-electron chi connectivity index (χ3n) is 6.24. The summed E-state index contributed by atoms with van der Waals surface area (Å²) in [5, 5.41) is 25.8. The zero-order valence-electron chi connectivity index (χ0n) is 15.4. The molecule has 0 aromatic carbocycles. The van der Waals surface area contributed by atoms with E-state index in [4.69, 9.17) is 19.8 Å². The molecular formula is C18H33NO5. The lowest BCUT2D eigenvalue weighted by Crippen LogP contribution is -2.49.